The molecule has 0 bridgehead atoms. The number of amides is 1. The Kier molecular flexibility index (Phi) is 4.20. The second kappa shape index (κ2) is 6.17. The number of aryl methyl sites for hydroxylation is 1. The summed E-state index contributed by atoms with van der Waals surface area (Å²) in [5, 5.41) is 13.4. The van der Waals surface area contributed by atoms with E-state index in [0.29, 0.717) is 23.5 Å². The number of nitrogens with zero attached hydrogens (tertiary/aromatic N) is 2. The van der Waals surface area contributed by atoms with Gasteiger partial charge in [0, 0.05) is 18.7 Å². The Labute approximate surface area is 140 Å². The first-order valence-electron chi connectivity index (χ1n) is 6.92. The molecule has 1 amide bonds. The normalized spacial score (nSPS) is 14.4. The molecular weight excluding hydrogens is 356 g/mol. The second-order valence-electron chi connectivity index (χ2n) is 5.01. The summed E-state index contributed by atoms with van der Waals surface area (Å²) in [4.78, 5) is 26.3. The van der Waals surface area contributed by atoms with Gasteiger partial charge in [-0.3, -0.25) is 19.6 Å². The number of aromatic nitrogens is 1. The number of benzene rings is 1. The van der Waals surface area contributed by atoms with Gasteiger partial charge in [-0.15, -0.1) is 0 Å². The third kappa shape index (κ3) is 3.21. The molecule has 0 radical (unpaired) electrons. The number of nitrogens with one attached hydrogen (secondary N) is 2. The standard InChI is InChI=1S/C13H12N4O5S2/c18-12-11-10(2-1-7-14-12)15-13(23-11)16-24(21,22)9-5-3-8(4-6-9)17(19)20/h3-6H,1-2,7H2,(H,14,18)(H,15,16). The van der Waals surface area contributed by atoms with Gasteiger partial charge in [-0.25, -0.2) is 13.4 Å². The molecule has 0 spiro atoms. The van der Waals surface area contributed by atoms with Crippen molar-refractivity contribution < 1.29 is 18.1 Å². The molecule has 2 N–H and O–H groups in total. The quantitative estimate of drug-likeness (QED) is 0.621. The molecule has 24 heavy (non-hydrogen) atoms. The zero-order valence-corrected chi connectivity index (χ0v) is 13.8. The molecule has 0 atom stereocenters. The minimum Gasteiger partial charge on any atom is -0.351 e. The lowest BCUT2D eigenvalue weighted by Crippen LogP contribution is -2.21. The van der Waals surface area contributed by atoms with E-state index in [9.17, 15) is 23.3 Å². The minimum absolute atomic E-state index is 0.0930. The molecule has 0 saturated heterocycles. The van der Waals surface area contributed by atoms with E-state index in [1.165, 1.54) is 0 Å². The van der Waals surface area contributed by atoms with Gasteiger partial charge in [-0.05, 0) is 25.0 Å². The highest BCUT2D eigenvalue weighted by molar-refractivity contribution is 7.93. The number of sulfonamides is 1. The summed E-state index contributed by atoms with van der Waals surface area (Å²) in [6.45, 7) is 0.561. The lowest BCUT2D eigenvalue weighted by molar-refractivity contribution is -0.384. The number of anilines is 1. The van der Waals surface area contributed by atoms with Gasteiger partial charge in [0.05, 0.1) is 15.5 Å². The Morgan fingerprint density at radius 2 is 2.00 bits per heavy atom. The monoisotopic (exact) mass is 368 g/mol. The Balaban J connectivity index is 1.86. The van der Waals surface area contributed by atoms with Crippen LogP contribution >= 0.6 is 11.3 Å². The maximum atomic E-state index is 12.3. The molecule has 0 aliphatic carbocycles. The van der Waals surface area contributed by atoms with Gasteiger partial charge >= 0.3 is 0 Å². The molecule has 1 aromatic carbocycles. The smallest absolute Gasteiger partial charge is 0.269 e. The number of nitro benzene ring substituents is 1. The van der Waals surface area contributed by atoms with Crippen molar-refractivity contribution in [2.75, 3.05) is 11.3 Å². The van der Waals surface area contributed by atoms with Crippen LogP contribution in [0.15, 0.2) is 29.2 Å². The number of thiazole rings is 1. The van der Waals surface area contributed by atoms with Gasteiger partial charge in [-0.1, -0.05) is 11.3 Å². The van der Waals surface area contributed by atoms with Crippen molar-refractivity contribution in [1.29, 1.82) is 0 Å². The van der Waals surface area contributed by atoms with Gasteiger partial charge in [0.1, 0.15) is 4.88 Å². The van der Waals surface area contributed by atoms with Crippen molar-refractivity contribution in [3.05, 3.63) is 45.0 Å². The molecule has 1 aliphatic rings. The SMILES string of the molecule is O=C1NCCCc2nc(NS(=O)(=O)c3ccc([N+](=O)[O-])cc3)sc21. The lowest BCUT2D eigenvalue weighted by Gasteiger charge is -2.04. The molecule has 11 heteroatoms. The van der Waals surface area contributed by atoms with E-state index < -0.39 is 14.9 Å². The van der Waals surface area contributed by atoms with Crippen LogP contribution in [0.5, 0.6) is 0 Å². The summed E-state index contributed by atoms with van der Waals surface area (Å²) in [5.74, 6) is -0.263. The topological polar surface area (TPSA) is 131 Å². The molecule has 1 aliphatic heterocycles. The highest BCUT2D eigenvalue weighted by atomic mass is 32.2. The van der Waals surface area contributed by atoms with Crippen LogP contribution in [0.2, 0.25) is 0 Å². The molecule has 9 nitrogen and oxygen atoms in total. The fraction of sp³-hybridized carbons (Fsp3) is 0.231. The first-order valence-corrected chi connectivity index (χ1v) is 9.22. The van der Waals surface area contributed by atoms with Crippen LogP contribution in [0.3, 0.4) is 0 Å². The van der Waals surface area contributed by atoms with Gasteiger partial charge < -0.3 is 5.32 Å². The van der Waals surface area contributed by atoms with E-state index in [2.05, 4.69) is 15.0 Å². The summed E-state index contributed by atoms with van der Waals surface area (Å²) in [5.41, 5.74) is 0.364. The first-order chi connectivity index (χ1) is 11.4. The zero-order chi connectivity index (χ0) is 17.3. The molecule has 2 heterocycles. The second-order valence-corrected chi connectivity index (χ2v) is 7.69. The summed E-state index contributed by atoms with van der Waals surface area (Å²) >= 11 is 0.965. The van der Waals surface area contributed by atoms with Crippen LogP contribution in [0.4, 0.5) is 10.8 Å². The average Bonchev–Trinajstić information content (AvgIpc) is 2.85. The number of rotatable bonds is 4. The fourth-order valence-corrected chi connectivity index (χ4v) is 4.36. The fourth-order valence-electron chi connectivity index (χ4n) is 2.20. The highest BCUT2D eigenvalue weighted by Crippen LogP contribution is 2.27. The predicted molar refractivity (Wildman–Crippen MR) is 86.7 cm³/mol. The van der Waals surface area contributed by atoms with E-state index in [-0.39, 0.29) is 21.6 Å². The maximum Gasteiger partial charge on any atom is 0.269 e. The predicted octanol–water partition coefficient (Wildman–Crippen LogP) is 1.53. The van der Waals surface area contributed by atoms with Gasteiger partial charge in [0.25, 0.3) is 21.6 Å². The highest BCUT2D eigenvalue weighted by Gasteiger charge is 2.23. The van der Waals surface area contributed by atoms with Crippen molar-refractivity contribution >= 4 is 38.1 Å². The number of carbonyl (C=O) groups is 1. The number of non-ortho nitro benzene ring substituents is 1. The number of hydrogen-bond donors (Lipinski definition) is 2. The molecule has 2 aromatic rings. The van der Waals surface area contributed by atoms with E-state index in [4.69, 9.17) is 0 Å². The van der Waals surface area contributed by atoms with Crippen LogP contribution in [0, 0.1) is 10.1 Å². The van der Waals surface area contributed by atoms with Crippen LogP contribution in [0.1, 0.15) is 21.8 Å². The first kappa shape index (κ1) is 16.3. The third-order valence-electron chi connectivity index (χ3n) is 3.36. The van der Waals surface area contributed by atoms with Crippen molar-refractivity contribution in [3.8, 4) is 0 Å². The summed E-state index contributed by atoms with van der Waals surface area (Å²) < 4.78 is 27.0. The van der Waals surface area contributed by atoms with E-state index >= 15 is 0 Å². The Bertz CT molecular complexity index is 905. The molecule has 0 saturated carbocycles. The Morgan fingerprint density at radius 3 is 2.67 bits per heavy atom. The summed E-state index contributed by atoms with van der Waals surface area (Å²) in [6.07, 6.45) is 1.32. The Hall–Kier alpha value is -2.53. The van der Waals surface area contributed by atoms with E-state index in [0.717, 1.165) is 42.0 Å². The molecule has 126 valence electrons. The molecular formula is C13H12N4O5S2. The van der Waals surface area contributed by atoms with Crippen molar-refractivity contribution in [3.63, 3.8) is 0 Å². The third-order valence-corrected chi connectivity index (χ3v) is 5.85. The van der Waals surface area contributed by atoms with Gasteiger partial charge in [-0.2, -0.15) is 0 Å². The van der Waals surface area contributed by atoms with Crippen LogP contribution < -0.4 is 10.0 Å². The maximum absolute atomic E-state index is 12.3. The molecule has 0 fully saturated rings. The molecule has 0 unspecified atom stereocenters. The van der Waals surface area contributed by atoms with Crippen LogP contribution in [-0.4, -0.2) is 30.8 Å². The number of hydrogen-bond acceptors (Lipinski definition) is 7. The summed E-state index contributed by atoms with van der Waals surface area (Å²) in [7, 11) is -3.94. The van der Waals surface area contributed by atoms with E-state index in [1.807, 2.05) is 0 Å². The summed E-state index contributed by atoms with van der Waals surface area (Å²) in [6, 6.07) is 4.51. The number of nitro groups is 1. The molecule has 3 rings (SSSR count). The van der Waals surface area contributed by atoms with Gasteiger partial charge in [0.15, 0.2) is 5.13 Å². The van der Waals surface area contributed by atoms with Crippen LogP contribution in [-0.2, 0) is 16.4 Å². The van der Waals surface area contributed by atoms with Gasteiger partial charge in [0.2, 0.25) is 0 Å². The van der Waals surface area contributed by atoms with Crippen molar-refractivity contribution in [2.24, 2.45) is 0 Å². The molecule has 1 aromatic heterocycles. The Morgan fingerprint density at radius 1 is 1.29 bits per heavy atom. The average molecular weight is 368 g/mol. The minimum atomic E-state index is -3.94. The largest absolute Gasteiger partial charge is 0.351 e. The van der Waals surface area contributed by atoms with E-state index in [1.54, 1.807) is 0 Å². The number of carbonyl (C=O) groups excluding carboxylic acids is 1. The lowest BCUT2D eigenvalue weighted by atomic mass is 10.2. The van der Waals surface area contributed by atoms with Crippen molar-refractivity contribution in [2.45, 2.75) is 17.7 Å². The zero-order valence-electron chi connectivity index (χ0n) is 12.2. The van der Waals surface area contributed by atoms with Crippen molar-refractivity contribution in [1.82, 2.24) is 10.3 Å². The number of fused-ring (bicyclic) bond motifs is 1. The van der Waals surface area contributed by atoms with Crippen LogP contribution in [0.25, 0.3) is 0 Å².